The van der Waals surface area contributed by atoms with Crippen molar-refractivity contribution in [3.8, 4) is 0 Å². The molecule has 2 rings (SSSR count). The fourth-order valence-corrected chi connectivity index (χ4v) is 3.19. The highest BCUT2D eigenvalue weighted by Gasteiger charge is 2.27. The van der Waals surface area contributed by atoms with Crippen molar-refractivity contribution >= 4 is 17.1 Å². The van der Waals surface area contributed by atoms with Crippen LogP contribution in [0.3, 0.4) is 0 Å². The van der Waals surface area contributed by atoms with Gasteiger partial charge in [0.1, 0.15) is 5.78 Å². The van der Waals surface area contributed by atoms with Gasteiger partial charge < -0.3 is 0 Å². The van der Waals surface area contributed by atoms with Gasteiger partial charge in [-0.25, -0.2) is 0 Å². The number of thiophene rings is 1. The lowest BCUT2D eigenvalue weighted by molar-refractivity contribution is -0.117. The molecule has 16 heavy (non-hydrogen) atoms. The third-order valence-electron chi connectivity index (χ3n) is 3.57. The Morgan fingerprint density at radius 1 is 1.62 bits per heavy atom. The number of hydrogen-bond acceptors (Lipinski definition) is 3. The van der Waals surface area contributed by atoms with Gasteiger partial charge in [-0.15, -0.1) is 11.3 Å². The van der Waals surface area contributed by atoms with Crippen LogP contribution in [0.15, 0.2) is 17.5 Å². The maximum Gasteiger partial charge on any atom is 0.134 e. The van der Waals surface area contributed by atoms with Crippen molar-refractivity contribution in [1.82, 2.24) is 4.90 Å². The SMILES string of the molecule is CC(Cc1cccs1)N(C)C1CCC(=O)C1. The zero-order valence-corrected chi connectivity index (χ0v) is 10.8. The molecule has 0 aromatic carbocycles. The summed E-state index contributed by atoms with van der Waals surface area (Å²) in [5, 5.41) is 2.13. The number of carbonyl (C=O) groups excluding carboxylic acids is 1. The van der Waals surface area contributed by atoms with E-state index in [-0.39, 0.29) is 0 Å². The van der Waals surface area contributed by atoms with Gasteiger partial charge in [0.25, 0.3) is 0 Å². The fraction of sp³-hybridized carbons (Fsp3) is 0.615. The van der Waals surface area contributed by atoms with Crippen LogP contribution in [0.2, 0.25) is 0 Å². The lowest BCUT2D eigenvalue weighted by Gasteiger charge is -2.29. The molecule has 1 aromatic rings. The Balaban J connectivity index is 1.89. The van der Waals surface area contributed by atoms with Crippen molar-refractivity contribution in [2.24, 2.45) is 0 Å². The molecular weight excluding hydrogens is 218 g/mol. The largest absolute Gasteiger partial charge is 0.300 e. The minimum Gasteiger partial charge on any atom is -0.300 e. The molecule has 0 spiro atoms. The summed E-state index contributed by atoms with van der Waals surface area (Å²) in [5.41, 5.74) is 0. The van der Waals surface area contributed by atoms with Crippen LogP contribution in [-0.4, -0.2) is 29.8 Å². The molecule has 1 aromatic heterocycles. The summed E-state index contributed by atoms with van der Waals surface area (Å²) in [5.74, 6) is 0.431. The molecule has 0 aliphatic heterocycles. The minimum absolute atomic E-state index is 0.431. The highest BCUT2D eigenvalue weighted by atomic mass is 32.1. The first-order valence-electron chi connectivity index (χ1n) is 5.93. The maximum atomic E-state index is 11.3. The van der Waals surface area contributed by atoms with E-state index in [1.54, 1.807) is 0 Å². The number of hydrogen-bond donors (Lipinski definition) is 0. The average Bonchev–Trinajstić information content (AvgIpc) is 2.88. The van der Waals surface area contributed by atoms with Crippen LogP contribution in [0.1, 0.15) is 31.1 Å². The zero-order valence-electron chi connectivity index (χ0n) is 9.98. The van der Waals surface area contributed by atoms with Gasteiger partial charge in [-0.3, -0.25) is 9.69 Å². The Morgan fingerprint density at radius 3 is 3.00 bits per heavy atom. The minimum atomic E-state index is 0.431. The lowest BCUT2D eigenvalue weighted by atomic mass is 10.1. The first-order chi connectivity index (χ1) is 7.66. The Morgan fingerprint density at radius 2 is 2.44 bits per heavy atom. The van der Waals surface area contributed by atoms with Crippen LogP contribution < -0.4 is 0 Å². The standard InChI is InChI=1S/C13H19NOS/c1-10(8-13-4-3-7-16-13)14(2)11-5-6-12(15)9-11/h3-4,7,10-11H,5-6,8-9H2,1-2H3. The van der Waals surface area contributed by atoms with E-state index < -0.39 is 0 Å². The molecular formula is C13H19NOS. The topological polar surface area (TPSA) is 20.3 Å². The molecule has 0 bridgehead atoms. The van der Waals surface area contributed by atoms with Crippen molar-refractivity contribution in [2.45, 2.75) is 44.7 Å². The van der Waals surface area contributed by atoms with E-state index in [9.17, 15) is 4.79 Å². The Kier molecular flexibility index (Phi) is 3.77. The summed E-state index contributed by atoms with van der Waals surface area (Å²) in [4.78, 5) is 15.1. The number of nitrogens with zero attached hydrogens (tertiary/aromatic N) is 1. The molecule has 0 N–H and O–H groups in total. The molecule has 1 saturated carbocycles. The third kappa shape index (κ3) is 2.71. The van der Waals surface area contributed by atoms with Crippen molar-refractivity contribution in [1.29, 1.82) is 0 Å². The Bertz CT molecular complexity index is 347. The van der Waals surface area contributed by atoms with Crippen molar-refractivity contribution < 1.29 is 4.79 Å². The summed E-state index contributed by atoms with van der Waals surface area (Å²) >= 11 is 1.82. The molecule has 1 aliphatic rings. The monoisotopic (exact) mass is 237 g/mol. The van der Waals surface area contributed by atoms with Crippen LogP contribution >= 0.6 is 11.3 Å². The van der Waals surface area contributed by atoms with E-state index in [0.717, 1.165) is 25.7 Å². The number of rotatable bonds is 4. The van der Waals surface area contributed by atoms with Gasteiger partial charge in [-0.2, -0.15) is 0 Å². The van der Waals surface area contributed by atoms with E-state index >= 15 is 0 Å². The molecule has 1 aliphatic carbocycles. The van der Waals surface area contributed by atoms with Gasteiger partial charge in [0.05, 0.1) is 0 Å². The fourth-order valence-electron chi connectivity index (χ4n) is 2.37. The highest BCUT2D eigenvalue weighted by Crippen LogP contribution is 2.23. The summed E-state index contributed by atoms with van der Waals surface area (Å²) in [7, 11) is 2.15. The van der Waals surface area contributed by atoms with Crippen LogP contribution in [0, 0.1) is 0 Å². The second-order valence-electron chi connectivity index (χ2n) is 4.73. The summed E-state index contributed by atoms with van der Waals surface area (Å²) in [6.07, 6.45) is 3.68. The number of ketones is 1. The number of Topliss-reactive ketones (excluding diaryl/α,β-unsaturated/α-hetero) is 1. The Hall–Kier alpha value is -0.670. The first kappa shape index (κ1) is 11.8. The van der Waals surface area contributed by atoms with Gasteiger partial charge in [0.2, 0.25) is 0 Å². The molecule has 1 heterocycles. The quantitative estimate of drug-likeness (QED) is 0.802. The predicted octanol–water partition coefficient (Wildman–Crippen LogP) is 2.73. The van der Waals surface area contributed by atoms with Crippen molar-refractivity contribution in [3.05, 3.63) is 22.4 Å². The zero-order chi connectivity index (χ0) is 11.5. The normalized spacial score (nSPS) is 22.9. The van der Waals surface area contributed by atoms with Gasteiger partial charge in [-0.05, 0) is 38.3 Å². The smallest absolute Gasteiger partial charge is 0.134 e. The lowest BCUT2D eigenvalue weighted by Crippen LogP contribution is -2.38. The average molecular weight is 237 g/mol. The molecule has 1 fully saturated rings. The molecule has 88 valence electrons. The van der Waals surface area contributed by atoms with Gasteiger partial charge in [-0.1, -0.05) is 6.07 Å². The second-order valence-corrected chi connectivity index (χ2v) is 5.77. The van der Waals surface area contributed by atoms with E-state index in [1.165, 1.54) is 4.88 Å². The molecule has 2 atom stereocenters. The number of likely N-dealkylation sites (N-methyl/N-ethyl adjacent to an activating group) is 1. The van der Waals surface area contributed by atoms with Gasteiger partial charge in [0, 0.05) is 29.8 Å². The maximum absolute atomic E-state index is 11.3. The molecule has 0 amide bonds. The first-order valence-corrected chi connectivity index (χ1v) is 6.81. The van der Waals surface area contributed by atoms with E-state index in [1.807, 2.05) is 11.3 Å². The van der Waals surface area contributed by atoms with Crippen LogP contribution in [0.4, 0.5) is 0 Å². The highest BCUT2D eigenvalue weighted by molar-refractivity contribution is 7.09. The van der Waals surface area contributed by atoms with Crippen molar-refractivity contribution in [2.75, 3.05) is 7.05 Å². The van der Waals surface area contributed by atoms with Gasteiger partial charge in [0.15, 0.2) is 0 Å². The Labute approximate surface area is 101 Å². The van der Waals surface area contributed by atoms with Crippen molar-refractivity contribution in [3.63, 3.8) is 0 Å². The molecule has 0 radical (unpaired) electrons. The summed E-state index contributed by atoms with van der Waals surface area (Å²) in [6.45, 7) is 2.25. The van der Waals surface area contributed by atoms with Crippen LogP contribution in [0.5, 0.6) is 0 Å². The van der Waals surface area contributed by atoms with Gasteiger partial charge >= 0.3 is 0 Å². The van der Waals surface area contributed by atoms with E-state index in [2.05, 4.69) is 36.4 Å². The molecule has 0 saturated heterocycles. The predicted molar refractivity (Wildman–Crippen MR) is 67.9 cm³/mol. The third-order valence-corrected chi connectivity index (χ3v) is 4.47. The molecule has 2 nitrogen and oxygen atoms in total. The molecule has 2 unspecified atom stereocenters. The number of carbonyl (C=O) groups is 1. The summed E-state index contributed by atoms with van der Waals surface area (Å²) < 4.78 is 0. The van der Waals surface area contributed by atoms with E-state index in [4.69, 9.17) is 0 Å². The second kappa shape index (κ2) is 5.11. The molecule has 3 heteroatoms. The summed E-state index contributed by atoms with van der Waals surface area (Å²) in [6, 6.07) is 5.29. The van der Waals surface area contributed by atoms with Crippen LogP contribution in [0.25, 0.3) is 0 Å². The van der Waals surface area contributed by atoms with E-state index in [0.29, 0.717) is 17.9 Å². The van der Waals surface area contributed by atoms with Crippen LogP contribution in [-0.2, 0) is 11.2 Å².